The van der Waals surface area contributed by atoms with Gasteiger partial charge in [0.1, 0.15) is 4.83 Å². The van der Waals surface area contributed by atoms with Crippen molar-refractivity contribution in [2.75, 3.05) is 0 Å². The van der Waals surface area contributed by atoms with Crippen molar-refractivity contribution in [2.24, 2.45) is 7.05 Å². The van der Waals surface area contributed by atoms with Gasteiger partial charge < -0.3 is 4.57 Å². The van der Waals surface area contributed by atoms with E-state index in [1.54, 1.807) is 11.3 Å². The molecule has 2 heterocycles. The van der Waals surface area contributed by atoms with E-state index in [0.717, 1.165) is 9.56 Å². The van der Waals surface area contributed by atoms with Crippen LogP contribution in [0.4, 0.5) is 0 Å². The number of hydrogen-bond donors (Lipinski definition) is 0. The maximum atomic E-state index is 4.45. The lowest BCUT2D eigenvalue weighted by atomic mass is 10.2. The third-order valence-corrected chi connectivity index (χ3v) is 4.12. The smallest absolute Gasteiger partial charge is 0.178 e. The lowest BCUT2D eigenvalue weighted by Crippen LogP contribution is -1.86. The minimum Gasteiger partial charge on any atom is -0.320 e. The quantitative estimate of drug-likeness (QED) is 0.609. The molecular weight excluding hydrogens is 260 g/mol. The first-order chi connectivity index (χ1) is 6.77. The van der Waals surface area contributed by atoms with E-state index < -0.39 is 0 Å². The Kier molecular flexibility index (Phi) is 1.69. The summed E-state index contributed by atoms with van der Waals surface area (Å²) in [6, 6.07) is 8.40. The van der Waals surface area contributed by atoms with Crippen LogP contribution in [0.1, 0.15) is 0 Å². The topological polar surface area (TPSA) is 17.8 Å². The Bertz CT molecular complexity index is 623. The molecule has 2 nitrogen and oxygen atoms in total. The molecule has 1 aromatic carbocycles. The molecule has 0 saturated carbocycles. The molecule has 4 heteroatoms. The van der Waals surface area contributed by atoms with Crippen LogP contribution in [0.15, 0.2) is 29.0 Å². The molecule has 2 aromatic heterocycles. The summed E-state index contributed by atoms with van der Waals surface area (Å²) in [5.74, 6) is 0. The fraction of sp³-hybridized carbons (Fsp3) is 0.100. The molecule has 3 rings (SSSR count). The summed E-state index contributed by atoms with van der Waals surface area (Å²) in [6.07, 6.45) is 0. The molecule has 0 aliphatic heterocycles. The highest BCUT2D eigenvalue weighted by atomic mass is 79.9. The highest BCUT2D eigenvalue weighted by Crippen LogP contribution is 2.34. The maximum Gasteiger partial charge on any atom is 0.178 e. The van der Waals surface area contributed by atoms with E-state index in [1.165, 1.54) is 15.6 Å². The zero-order valence-electron chi connectivity index (χ0n) is 7.49. The number of nitrogens with zero attached hydrogens (tertiary/aromatic N) is 2. The number of aromatic nitrogens is 2. The number of fused-ring (bicyclic) bond motifs is 3. The third-order valence-electron chi connectivity index (χ3n) is 2.36. The minimum atomic E-state index is 0.893. The van der Waals surface area contributed by atoms with Crippen LogP contribution >= 0.6 is 27.3 Å². The molecule has 0 unspecified atom stereocenters. The first-order valence-corrected chi connectivity index (χ1v) is 5.88. The molecule has 0 saturated heterocycles. The van der Waals surface area contributed by atoms with E-state index in [-0.39, 0.29) is 0 Å². The molecule has 0 amide bonds. The van der Waals surface area contributed by atoms with Gasteiger partial charge in [-0.05, 0) is 22.0 Å². The monoisotopic (exact) mass is 266 g/mol. The lowest BCUT2D eigenvalue weighted by molar-refractivity contribution is 0.915. The molecule has 0 spiro atoms. The maximum absolute atomic E-state index is 4.45. The summed E-state index contributed by atoms with van der Waals surface area (Å²) in [5, 5.41) is 1.29. The predicted octanol–water partition coefficient (Wildman–Crippen LogP) is 3.55. The van der Waals surface area contributed by atoms with Crippen molar-refractivity contribution in [2.45, 2.75) is 0 Å². The summed E-state index contributed by atoms with van der Waals surface area (Å²) in [5.41, 5.74) is 1.22. The van der Waals surface area contributed by atoms with Gasteiger partial charge in [-0.25, -0.2) is 4.98 Å². The fourth-order valence-corrected chi connectivity index (χ4v) is 3.25. The van der Waals surface area contributed by atoms with Crippen LogP contribution in [-0.2, 0) is 7.05 Å². The molecule has 0 bridgehead atoms. The van der Waals surface area contributed by atoms with E-state index in [0.29, 0.717) is 0 Å². The van der Waals surface area contributed by atoms with Crippen LogP contribution < -0.4 is 0 Å². The fourth-order valence-electron chi connectivity index (χ4n) is 1.67. The number of hydrogen-bond acceptors (Lipinski definition) is 2. The van der Waals surface area contributed by atoms with Crippen LogP contribution in [0.5, 0.6) is 0 Å². The molecular formula is C10H7BrN2S. The van der Waals surface area contributed by atoms with Gasteiger partial charge >= 0.3 is 0 Å². The predicted molar refractivity (Wildman–Crippen MR) is 63.8 cm³/mol. The third kappa shape index (κ3) is 0.980. The highest BCUT2D eigenvalue weighted by Gasteiger charge is 2.11. The molecule has 14 heavy (non-hydrogen) atoms. The Labute approximate surface area is 93.3 Å². The van der Waals surface area contributed by atoms with E-state index in [9.17, 15) is 0 Å². The van der Waals surface area contributed by atoms with Crippen molar-refractivity contribution >= 4 is 47.7 Å². The van der Waals surface area contributed by atoms with Crippen molar-refractivity contribution in [3.63, 3.8) is 0 Å². The number of benzene rings is 1. The van der Waals surface area contributed by atoms with Crippen molar-refractivity contribution in [1.29, 1.82) is 0 Å². The molecule has 0 N–H and O–H groups in total. The summed E-state index contributed by atoms with van der Waals surface area (Å²) in [6.45, 7) is 0. The molecule has 0 fully saturated rings. The lowest BCUT2D eigenvalue weighted by Gasteiger charge is -1.94. The van der Waals surface area contributed by atoms with E-state index in [1.807, 2.05) is 7.05 Å². The highest BCUT2D eigenvalue weighted by molar-refractivity contribution is 9.10. The number of aryl methyl sites for hydroxylation is 1. The number of halogens is 1. The molecule has 0 radical (unpaired) electrons. The Balaban J connectivity index is 2.62. The van der Waals surface area contributed by atoms with Gasteiger partial charge in [0.2, 0.25) is 0 Å². The standard InChI is InChI=1S/C10H7BrN2S/c1-13-8-6-4-2-3-5-7(6)14-9(8)12-10(13)11/h2-5H,1H3. The van der Waals surface area contributed by atoms with Crippen LogP contribution in [0.3, 0.4) is 0 Å². The Hall–Kier alpha value is -0.870. The summed E-state index contributed by atoms with van der Waals surface area (Å²) in [4.78, 5) is 5.55. The zero-order chi connectivity index (χ0) is 9.71. The van der Waals surface area contributed by atoms with Gasteiger partial charge in [-0.15, -0.1) is 11.3 Å². The van der Waals surface area contributed by atoms with Crippen LogP contribution in [0.25, 0.3) is 20.4 Å². The molecule has 70 valence electrons. The average molecular weight is 267 g/mol. The van der Waals surface area contributed by atoms with Crippen molar-refractivity contribution in [3.8, 4) is 0 Å². The Morgan fingerprint density at radius 1 is 1.36 bits per heavy atom. The average Bonchev–Trinajstić information content (AvgIpc) is 2.65. The Morgan fingerprint density at radius 3 is 3.00 bits per heavy atom. The zero-order valence-corrected chi connectivity index (χ0v) is 9.89. The molecule has 0 atom stereocenters. The van der Waals surface area contributed by atoms with Crippen LogP contribution in [0, 0.1) is 0 Å². The second-order valence-corrected chi connectivity index (χ2v) is 4.93. The van der Waals surface area contributed by atoms with Gasteiger partial charge in [0.25, 0.3) is 0 Å². The van der Waals surface area contributed by atoms with Crippen molar-refractivity contribution < 1.29 is 0 Å². The normalized spacial score (nSPS) is 11.6. The van der Waals surface area contributed by atoms with Gasteiger partial charge in [0, 0.05) is 17.1 Å². The van der Waals surface area contributed by atoms with Gasteiger partial charge in [-0.3, -0.25) is 0 Å². The number of thiophene rings is 1. The molecule has 0 aliphatic rings. The second kappa shape index (κ2) is 2.81. The minimum absolute atomic E-state index is 0.893. The van der Waals surface area contributed by atoms with E-state index >= 15 is 0 Å². The molecule has 3 aromatic rings. The van der Waals surface area contributed by atoms with E-state index in [4.69, 9.17) is 0 Å². The summed E-state index contributed by atoms with van der Waals surface area (Å²) in [7, 11) is 2.03. The van der Waals surface area contributed by atoms with Crippen molar-refractivity contribution in [3.05, 3.63) is 29.0 Å². The van der Waals surface area contributed by atoms with Gasteiger partial charge in [0.15, 0.2) is 4.73 Å². The van der Waals surface area contributed by atoms with Gasteiger partial charge in [-0.2, -0.15) is 0 Å². The first-order valence-electron chi connectivity index (χ1n) is 4.27. The summed E-state index contributed by atoms with van der Waals surface area (Å²) < 4.78 is 4.27. The number of rotatable bonds is 0. The van der Waals surface area contributed by atoms with Crippen molar-refractivity contribution in [1.82, 2.24) is 9.55 Å². The van der Waals surface area contributed by atoms with Crippen LogP contribution in [0.2, 0.25) is 0 Å². The second-order valence-electron chi connectivity index (χ2n) is 3.19. The van der Waals surface area contributed by atoms with Crippen LogP contribution in [-0.4, -0.2) is 9.55 Å². The SMILES string of the molecule is Cn1c(Br)nc2sc3ccccc3c21. The largest absolute Gasteiger partial charge is 0.320 e. The summed E-state index contributed by atoms with van der Waals surface area (Å²) >= 11 is 5.17. The van der Waals surface area contributed by atoms with Gasteiger partial charge in [-0.1, -0.05) is 18.2 Å². The number of imidazole rings is 1. The van der Waals surface area contributed by atoms with Gasteiger partial charge in [0.05, 0.1) is 5.52 Å². The first kappa shape index (κ1) is 8.44. The van der Waals surface area contributed by atoms with E-state index in [2.05, 4.69) is 49.7 Å². The molecule has 0 aliphatic carbocycles. The Morgan fingerprint density at radius 2 is 2.14 bits per heavy atom.